The van der Waals surface area contributed by atoms with Gasteiger partial charge in [0.15, 0.2) is 0 Å². The van der Waals surface area contributed by atoms with Gasteiger partial charge >= 0.3 is 5.97 Å². The van der Waals surface area contributed by atoms with Crippen LogP contribution in [-0.4, -0.2) is 24.6 Å². The Hall–Kier alpha value is -1.48. The Kier molecular flexibility index (Phi) is 6.95. The first-order valence-electron chi connectivity index (χ1n) is 7.41. The molecule has 1 rings (SSSR count). The molecule has 0 unspecified atom stereocenters. The van der Waals surface area contributed by atoms with Crippen molar-refractivity contribution in [2.24, 2.45) is 0 Å². The number of methoxy groups -OCH3 is 1. The average Bonchev–Trinajstić information content (AvgIpc) is 2.43. The van der Waals surface area contributed by atoms with E-state index in [1.807, 2.05) is 52.0 Å². The molecule has 0 N–H and O–H groups in total. The Morgan fingerprint density at radius 1 is 1.32 bits per heavy atom. The Bertz CT molecular complexity index is 542. The van der Waals surface area contributed by atoms with Crippen LogP contribution in [0.2, 0.25) is 0 Å². The van der Waals surface area contributed by atoms with Crippen molar-refractivity contribution >= 4 is 23.6 Å². The zero-order chi connectivity index (χ0) is 16.8. The lowest BCUT2D eigenvalue weighted by atomic mass is 10.0. The van der Waals surface area contributed by atoms with Crippen molar-refractivity contribution in [3.63, 3.8) is 0 Å². The van der Waals surface area contributed by atoms with E-state index in [-0.39, 0.29) is 5.97 Å². The van der Waals surface area contributed by atoms with E-state index < -0.39 is 5.60 Å². The molecule has 0 saturated carbocycles. The highest BCUT2D eigenvalue weighted by atomic mass is 35.5. The summed E-state index contributed by atoms with van der Waals surface area (Å²) in [5.74, 6) is 1.02. The zero-order valence-corrected chi connectivity index (χ0v) is 14.8. The van der Waals surface area contributed by atoms with Gasteiger partial charge in [-0.15, -0.1) is 11.6 Å². The van der Waals surface area contributed by atoms with Crippen LogP contribution in [0.1, 0.15) is 44.7 Å². The normalized spacial score (nSPS) is 12.2. The van der Waals surface area contributed by atoms with Crippen molar-refractivity contribution in [1.29, 1.82) is 0 Å². The fourth-order valence-corrected chi connectivity index (χ4v) is 2.10. The summed E-state index contributed by atoms with van der Waals surface area (Å²) < 4.78 is 10.8. The standard InChI is InChI=1S/C18H25ClO3/c1-13-8-9-14(12-16(13)21-5)11-15(7-6-10-19)17(20)22-18(2,3)4/h8-9,11-12H,6-7,10H2,1-5H3. The molecule has 0 amide bonds. The molecule has 0 aliphatic rings. The Morgan fingerprint density at radius 3 is 2.55 bits per heavy atom. The number of carbonyl (C=O) groups excluding carboxylic acids is 1. The SMILES string of the molecule is COc1cc(C=C(CCCCl)C(=O)OC(C)(C)C)ccc1C. The number of benzene rings is 1. The van der Waals surface area contributed by atoms with Crippen molar-refractivity contribution in [1.82, 2.24) is 0 Å². The molecule has 3 nitrogen and oxygen atoms in total. The number of ether oxygens (including phenoxy) is 2. The van der Waals surface area contributed by atoms with Crippen LogP contribution in [0, 0.1) is 6.92 Å². The molecular weight excluding hydrogens is 300 g/mol. The maximum atomic E-state index is 12.3. The summed E-state index contributed by atoms with van der Waals surface area (Å²) in [6.07, 6.45) is 3.17. The van der Waals surface area contributed by atoms with Crippen molar-refractivity contribution < 1.29 is 14.3 Å². The van der Waals surface area contributed by atoms with Crippen LogP contribution in [-0.2, 0) is 9.53 Å². The summed E-state index contributed by atoms with van der Waals surface area (Å²) in [6.45, 7) is 7.56. The van der Waals surface area contributed by atoms with Gasteiger partial charge in [0, 0.05) is 11.5 Å². The fourth-order valence-electron chi connectivity index (χ4n) is 1.96. The molecule has 0 heterocycles. The molecule has 0 aromatic heterocycles. The predicted octanol–water partition coefficient (Wildman–Crippen LogP) is 4.75. The van der Waals surface area contributed by atoms with Crippen LogP contribution < -0.4 is 4.74 Å². The first kappa shape index (κ1) is 18.6. The van der Waals surface area contributed by atoms with E-state index in [9.17, 15) is 4.79 Å². The second kappa shape index (κ2) is 8.23. The van der Waals surface area contributed by atoms with Gasteiger partial charge in [-0.1, -0.05) is 12.1 Å². The molecule has 0 saturated heterocycles. The van der Waals surface area contributed by atoms with E-state index in [1.165, 1.54) is 0 Å². The third kappa shape index (κ3) is 6.10. The number of hydrogen-bond donors (Lipinski definition) is 0. The summed E-state index contributed by atoms with van der Waals surface area (Å²) in [4.78, 5) is 12.3. The third-order valence-corrected chi connectivity index (χ3v) is 3.28. The minimum atomic E-state index is -0.512. The maximum Gasteiger partial charge on any atom is 0.334 e. The van der Waals surface area contributed by atoms with Crippen molar-refractivity contribution in [3.8, 4) is 5.75 Å². The van der Waals surface area contributed by atoms with Gasteiger partial charge in [-0.05, 0) is 63.8 Å². The molecule has 122 valence electrons. The third-order valence-electron chi connectivity index (χ3n) is 3.01. The minimum absolute atomic E-state index is 0.294. The van der Waals surface area contributed by atoms with Gasteiger partial charge in [-0.25, -0.2) is 4.79 Å². The molecule has 0 fully saturated rings. The molecule has 4 heteroatoms. The Labute approximate surface area is 138 Å². The topological polar surface area (TPSA) is 35.5 Å². The molecule has 0 bridgehead atoms. The smallest absolute Gasteiger partial charge is 0.334 e. The second-order valence-corrected chi connectivity index (χ2v) is 6.57. The first-order chi connectivity index (χ1) is 10.3. The number of aryl methyl sites for hydroxylation is 1. The highest BCUT2D eigenvalue weighted by molar-refractivity contribution is 6.17. The molecule has 22 heavy (non-hydrogen) atoms. The Morgan fingerprint density at radius 2 is 2.00 bits per heavy atom. The number of rotatable bonds is 6. The molecule has 0 radical (unpaired) electrons. The number of alkyl halides is 1. The number of esters is 1. The van der Waals surface area contributed by atoms with Crippen LogP contribution in [0.3, 0.4) is 0 Å². The predicted molar refractivity (Wildman–Crippen MR) is 91.5 cm³/mol. The molecule has 1 aromatic carbocycles. The van der Waals surface area contributed by atoms with Crippen molar-refractivity contribution in [3.05, 3.63) is 34.9 Å². The molecular formula is C18H25ClO3. The van der Waals surface area contributed by atoms with E-state index >= 15 is 0 Å². The van der Waals surface area contributed by atoms with Crippen LogP contribution in [0.15, 0.2) is 23.8 Å². The van der Waals surface area contributed by atoms with Gasteiger partial charge in [0.1, 0.15) is 11.4 Å². The van der Waals surface area contributed by atoms with Crippen LogP contribution in [0.25, 0.3) is 6.08 Å². The van der Waals surface area contributed by atoms with E-state index in [0.717, 1.165) is 23.3 Å². The van der Waals surface area contributed by atoms with Gasteiger partial charge in [0.05, 0.1) is 7.11 Å². The van der Waals surface area contributed by atoms with Gasteiger partial charge in [-0.2, -0.15) is 0 Å². The van der Waals surface area contributed by atoms with Gasteiger partial charge in [-0.3, -0.25) is 0 Å². The Balaban J connectivity index is 3.07. The number of halogens is 1. The second-order valence-electron chi connectivity index (χ2n) is 6.19. The lowest BCUT2D eigenvalue weighted by molar-refractivity contribution is -0.149. The highest BCUT2D eigenvalue weighted by Gasteiger charge is 2.19. The summed E-state index contributed by atoms with van der Waals surface area (Å²) in [5, 5.41) is 0. The van der Waals surface area contributed by atoms with Crippen molar-refractivity contribution in [2.45, 2.75) is 46.1 Å². The largest absolute Gasteiger partial charge is 0.496 e. The summed E-state index contributed by atoms with van der Waals surface area (Å²) in [6, 6.07) is 5.85. The maximum absolute atomic E-state index is 12.3. The number of carbonyl (C=O) groups is 1. The zero-order valence-electron chi connectivity index (χ0n) is 14.0. The summed E-state index contributed by atoms with van der Waals surface area (Å²) in [5.41, 5.74) is 2.08. The highest BCUT2D eigenvalue weighted by Crippen LogP contribution is 2.23. The average molecular weight is 325 g/mol. The summed E-state index contributed by atoms with van der Waals surface area (Å²) in [7, 11) is 1.64. The molecule has 0 aliphatic carbocycles. The first-order valence-corrected chi connectivity index (χ1v) is 7.95. The summed E-state index contributed by atoms with van der Waals surface area (Å²) >= 11 is 5.76. The fraction of sp³-hybridized carbons (Fsp3) is 0.500. The molecule has 0 atom stereocenters. The van der Waals surface area contributed by atoms with Gasteiger partial charge in [0.25, 0.3) is 0 Å². The van der Waals surface area contributed by atoms with Crippen molar-refractivity contribution in [2.75, 3.05) is 13.0 Å². The van der Waals surface area contributed by atoms with E-state index in [1.54, 1.807) is 7.11 Å². The van der Waals surface area contributed by atoms with Crippen LogP contribution >= 0.6 is 11.6 Å². The van der Waals surface area contributed by atoms with E-state index in [2.05, 4.69) is 0 Å². The van der Waals surface area contributed by atoms with Crippen LogP contribution in [0.5, 0.6) is 5.75 Å². The minimum Gasteiger partial charge on any atom is -0.496 e. The van der Waals surface area contributed by atoms with E-state index in [0.29, 0.717) is 17.9 Å². The lowest BCUT2D eigenvalue weighted by Crippen LogP contribution is -2.25. The molecule has 0 aliphatic heterocycles. The van der Waals surface area contributed by atoms with E-state index in [4.69, 9.17) is 21.1 Å². The van der Waals surface area contributed by atoms with Gasteiger partial charge < -0.3 is 9.47 Å². The van der Waals surface area contributed by atoms with Gasteiger partial charge in [0.2, 0.25) is 0 Å². The van der Waals surface area contributed by atoms with Crippen LogP contribution in [0.4, 0.5) is 0 Å². The quantitative estimate of drug-likeness (QED) is 0.430. The molecule has 1 aromatic rings. The monoisotopic (exact) mass is 324 g/mol. The number of hydrogen-bond acceptors (Lipinski definition) is 3. The lowest BCUT2D eigenvalue weighted by Gasteiger charge is -2.20. The molecule has 0 spiro atoms.